The molecule has 0 radical (unpaired) electrons. The standard InChI is InChI=1S/C2F2O4.Na.H/c3-7-1(5)2(6)8-4;;. The van der Waals surface area contributed by atoms with Crippen LogP contribution in [0.5, 0.6) is 0 Å². The summed E-state index contributed by atoms with van der Waals surface area (Å²) in [7, 11) is 0. The molecule has 0 aromatic carbocycles. The Bertz CT molecular complexity index is 101. The quantitative estimate of drug-likeness (QED) is 0.335. The molecule has 0 aliphatic rings. The van der Waals surface area contributed by atoms with Crippen molar-refractivity contribution >= 4 is 41.5 Å². The van der Waals surface area contributed by atoms with E-state index in [1.807, 2.05) is 0 Å². The van der Waals surface area contributed by atoms with Crippen LogP contribution >= 0.6 is 0 Å². The van der Waals surface area contributed by atoms with Crippen LogP contribution in [-0.4, -0.2) is 41.5 Å². The molecular formula is C2HF2NaO4. The summed E-state index contributed by atoms with van der Waals surface area (Å²) >= 11 is 0. The van der Waals surface area contributed by atoms with E-state index in [0.717, 1.165) is 0 Å². The number of carbonyl (C=O) groups excluding carboxylic acids is 2. The molecule has 4 nitrogen and oxygen atoms in total. The van der Waals surface area contributed by atoms with E-state index in [-0.39, 0.29) is 29.6 Å². The van der Waals surface area contributed by atoms with Crippen LogP contribution in [0.1, 0.15) is 0 Å². The third kappa shape index (κ3) is 4.31. The second-order valence-electron chi connectivity index (χ2n) is 0.729. The molecule has 0 saturated heterocycles. The molecule has 0 spiro atoms. The van der Waals surface area contributed by atoms with Gasteiger partial charge in [0, 0.05) is 9.05 Å². The summed E-state index contributed by atoms with van der Waals surface area (Å²) in [5.74, 6) is -4.04. The van der Waals surface area contributed by atoms with Gasteiger partial charge >= 0.3 is 41.5 Å². The molecule has 0 heterocycles. The molecule has 0 saturated carbocycles. The topological polar surface area (TPSA) is 52.6 Å². The van der Waals surface area contributed by atoms with Crippen LogP contribution in [0.4, 0.5) is 9.05 Å². The molecule has 0 atom stereocenters. The molecule has 0 aliphatic carbocycles. The molecule has 0 rings (SSSR count). The minimum atomic E-state index is -2.02. The van der Waals surface area contributed by atoms with E-state index in [1.165, 1.54) is 0 Å². The molecule has 0 bridgehead atoms. The average Bonchev–Trinajstić information content (AvgIpc) is 1.84. The summed E-state index contributed by atoms with van der Waals surface area (Å²) < 4.78 is 21.0. The Kier molecular flexibility index (Phi) is 7.63. The predicted octanol–water partition coefficient (Wildman–Crippen LogP) is -0.807. The predicted molar refractivity (Wildman–Crippen MR) is 21.5 cm³/mol. The Morgan fingerprint density at radius 1 is 1.00 bits per heavy atom. The van der Waals surface area contributed by atoms with Gasteiger partial charge in [0.1, 0.15) is 0 Å². The first-order valence-electron chi connectivity index (χ1n) is 1.38. The van der Waals surface area contributed by atoms with E-state index in [1.54, 1.807) is 0 Å². The Labute approximate surface area is 70.2 Å². The van der Waals surface area contributed by atoms with Crippen LogP contribution in [0, 0.1) is 0 Å². The zero-order chi connectivity index (χ0) is 6.57. The van der Waals surface area contributed by atoms with Crippen molar-refractivity contribution < 1.29 is 28.5 Å². The van der Waals surface area contributed by atoms with E-state index >= 15 is 0 Å². The van der Waals surface area contributed by atoms with Gasteiger partial charge in [0.25, 0.3) is 0 Å². The van der Waals surface area contributed by atoms with Crippen molar-refractivity contribution in [2.75, 3.05) is 0 Å². The second kappa shape index (κ2) is 5.93. The minimum absolute atomic E-state index is 0. The Hall–Kier alpha value is -0.200. The zero-order valence-electron chi connectivity index (χ0n) is 3.39. The molecule has 48 valence electrons. The van der Waals surface area contributed by atoms with Crippen molar-refractivity contribution in [3.05, 3.63) is 0 Å². The van der Waals surface area contributed by atoms with Crippen molar-refractivity contribution in [2.24, 2.45) is 0 Å². The third-order valence-electron chi connectivity index (χ3n) is 0.307. The van der Waals surface area contributed by atoms with Crippen molar-refractivity contribution in [3.63, 3.8) is 0 Å². The molecule has 0 aromatic rings. The number of carbonyl (C=O) groups is 2. The first kappa shape index (κ1) is 11.6. The van der Waals surface area contributed by atoms with Crippen LogP contribution < -0.4 is 0 Å². The summed E-state index contributed by atoms with van der Waals surface area (Å²) in [5, 5.41) is 0. The average molecular weight is 150 g/mol. The van der Waals surface area contributed by atoms with Crippen LogP contribution in [0.3, 0.4) is 0 Å². The molecule has 0 amide bonds. The third-order valence-corrected chi connectivity index (χ3v) is 0.307. The second-order valence-corrected chi connectivity index (χ2v) is 0.729. The van der Waals surface area contributed by atoms with E-state index in [0.29, 0.717) is 0 Å². The van der Waals surface area contributed by atoms with Gasteiger partial charge < -0.3 is 0 Å². The molecule has 0 aromatic heterocycles. The van der Waals surface area contributed by atoms with Gasteiger partial charge in [-0.15, -0.1) is 0 Å². The van der Waals surface area contributed by atoms with E-state index in [9.17, 15) is 18.6 Å². The summed E-state index contributed by atoms with van der Waals surface area (Å²) in [4.78, 5) is 23.4. The molecule has 0 N–H and O–H groups in total. The summed E-state index contributed by atoms with van der Waals surface area (Å²) in [6.45, 7) is 0. The van der Waals surface area contributed by atoms with Gasteiger partial charge in [-0.2, -0.15) is 0 Å². The fourth-order valence-electron chi connectivity index (χ4n) is 0.0630. The van der Waals surface area contributed by atoms with E-state index in [2.05, 4.69) is 9.88 Å². The van der Waals surface area contributed by atoms with Crippen molar-refractivity contribution in [3.8, 4) is 0 Å². The number of rotatable bonds is 0. The summed E-state index contributed by atoms with van der Waals surface area (Å²) in [6.07, 6.45) is 0. The van der Waals surface area contributed by atoms with Crippen molar-refractivity contribution in [1.29, 1.82) is 0 Å². The molecule has 9 heavy (non-hydrogen) atoms. The van der Waals surface area contributed by atoms with Crippen molar-refractivity contribution in [1.82, 2.24) is 0 Å². The van der Waals surface area contributed by atoms with E-state index < -0.39 is 11.9 Å². The monoisotopic (exact) mass is 150 g/mol. The SMILES string of the molecule is O=C(OF)C(=O)OF.[NaH]. The Morgan fingerprint density at radius 3 is 1.33 bits per heavy atom. The summed E-state index contributed by atoms with van der Waals surface area (Å²) in [5.41, 5.74) is 0. The van der Waals surface area contributed by atoms with Crippen LogP contribution in [-0.2, 0) is 19.5 Å². The first-order valence-corrected chi connectivity index (χ1v) is 1.38. The van der Waals surface area contributed by atoms with Gasteiger partial charge in [0.2, 0.25) is 0 Å². The molecule has 7 heteroatoms. The zero-order valence-corrected chi connectivity index (χ0v) is 3.39. The number of halogens is 2. The van der Waals surface area contributed by atoms with Crippen molar-refractivity contribution in [2.45, 2.75) is 0 Å². The molecule has 0 fully saturated rings. The molecular weight excluding hydrogens is 149 g/mol. The molecule has 0 aliphatic heterocycles. The van der Waals surface area contributed by atoms with Crippen LogP contribution in [0.15, 0.2) is 0 Å². The van der Waals surface area contributed by atoms with Gasteiger partial charge in [0.15, 0.2) is 0 Å². The maximum absolute atomic E-state index is 10.5. The van der Waals surface area contributed by atoms with Gasteiger partial charge in [0.05, 0.1) is 0 Å². The Morgan fingerprint density at radius 2 is 1.22 bits per heavy atom. The number of hydrogen-bond acceptors (Lipinski definition) is 4. The van der Waals surface area contributed by atoms with Crippen LogP contribution in [0.2, 0.25) is 0 Å². The summed E-state index contributed by atoms with van der Waals surface area (Å²) in [6, 6.07) is 0. The van der Waals surface area contributed by atoms with E-state index in [4.69, 9.17) is 0 Å². The van der Waals surface area contributed by atoms with Gasteiger partial charge in [-0.1, -0.05) is 0 Å². The maximum atomic E-state index is 10.5. The van der Waals surface area contributed by atoms with Crippen LogP contribution in [0.25, 0.3) is 0 Å². The van der Waals surface area contributed by atoms with Gasteiger partial charge in [-0.05, 0) is 0 Å². The normalized spacial score (nSPS) is 6.89. The first-order chi connectivity index (χ1) is 3.72. The Balaban J connectivity index is 0. The molecule has 0 unspecified atom stereocenters. The van der Waals surface area contributed by atoms with Gasteiger partial charge in [-0.25, -0.2) is 19.5 Å². The number of hydrogen-bond donors (Lipinski definition) is 0. The fraction of sp³-hybridized carbons (Fsp3) is 0. The fourth-order valence-corrected chi connectivity index (χ4v) is 0.0630. The van der Waals surface area contributed by atoms with Gasteiger partial charge in [-0.3, -0.25) is 0 Å².